The average molecular weight is 580 g/mol. The Morgan fingerprint density at radius 3 is 2.09 bits per heavy atom. The third-order valence-electron chi connectivity index (χ3n) is 7.42. The molecule has 3 aromatic carbocycles. The van der Waals surface area contributed by atoms with E-state index in [2.05, 4.69) is 41.5 Å². The van der Waals surface area contributed by atoms with Crippen LogP contribution in [0, 0.1) is 6.92 Å². The van der Waals surface area contributed by atoms with Gasteiger partial charge in [0.05, 0.1) is 17.6 Å². The first-order valence-electron chi connectivity index (χ1n) is 14.3. The van der Waals surface area contributed by atoms with E-state index in [9.17, 15) is 9.59 Å². The van der Waals surface area contributed by atoms with Crippen LogP contribution in [-0.4, -0.2) is 64.2 Å². The number of amides is 3. The molecule has 1 fully saturated rings. The fourth-order valence-corrected chi connectivity index (χ4v) is 4.88. The summed E-state index contributed by atoms with van der Waals surface area (Å²) in [5.41, 5.74) is 5.74. The van der Waals surface area contributed by atoms with Gasteiger partial charge in [-0.05, 0) is 61.0 Å². The number of carbonyl (C=O) groups excluding carboxylic acids is 2. The van der Waals surface area contributed by atoms with Gasteiger partial charge >= 0.3 is 6.03 Å². The molecule has 0 atom stereocenters. The van der Waals surface area contributed by atoms with Crippen molar-refractivity contribution in [1.29, 1.82) is 0 Å². The molecule has 43 heavy (non-hydrogen) atoms. The molecule has 0 bridgehead atoms. The van der Waals surface area contributed by atoms with Gasteiger partial charge < -0.3 is 20.3 Å². The average Bonchev–Trinajstić information content (AvgIpc) is 3.42. The number of aromatic nitrogens is 2. The van der Waals surface area contributed by atoms with Gasteiger partial charge in [0.15, 0.2) is 0 Å². The maximum atomic E-state index is 13.0. The second-order valence-electron chi connectivity index (χ2n) is 11.7. The van der Waals surface area contributed by atoms with E-state index in [4.69, 9.17) is 10.3 Å². The number of oxime groups is 1. The number of nitrogens with zero attached hydrogens (tertiary/aromatic N) is 5. The van der Waals surface area contributed by atoms with Gasteiger partial charge in [0.2, 0.25) is 0 Å². The highest BCUT2D eigenvalue weighted by molar-refractivity contribution is 5.99. The van der Waals surface area contributed by atoms with E-state index in [0.717, 1.165) is 28.2 Å². The minimum Gasteiger partial charge on any atom is -0.411 e. The summed E-state index contributed by atoms with van der Waals surface area (Å²) < 4.78 is 1.76. The first-order chi connectivity index (χ1) is 20.6. The number of hydrogen-bond acceptors (Lipinski definition) is 6. The Morgan fingerprint density at radius 2 is 1.49 bits per heavy atom. The Morgan fingerprint density at radius 1 is 0.860 bits per heavy atom. The van der Waals surface area contributed by atoms with Gasteiger partial charge in [-0.3, -0.25) is 10.1 Å². The maximum Gasteiger partial charge on any atom is 0.324 e. The lowest BCUT2D eigenvalue weighted by Crippen LogP contribution is -2.48. The molecular weight excluding hydrogens is 542 g/mol. The second-order valence-corrected chi connectivity index (χ2v) is 11.7. The topological polar surface area (TPSA) is 115 Å². The van der Waals surface area contributed by atoms with Crippen molar-refractivity contribution in [3.05, 3.63) is 101 Å². The monoisotopic (exact) mass is 579 g/mol. The van der Waals surface area contributed by atoms with Gasteiger partial charge in [-0.2, -0.15) is 5.10 Å². The van der Waals surface area contributed by atoms with Crippen molar-refractivity contribution < 1.29 is 14.8 Å². The maximum absolute atomic E-state index is 13.0. The van der Waals surface area contributed by atoms with E-state index in [0.29, 0.717) is 43.2 Å². The molecule has 10 heteroatoms. The van der Waals surface area contributed by atoms with E-state index < -0.39 is 0 Å². The number of piperazine rings is 1. The summed E-state index contributed by atoms with van der Waals surface area (Å²) in [6.07, 6.45) is 1.32. The van der Waals surface area contributed by atoms with Gasteiger partial charge in [0, 0.05) is 54.6 Å². The van der Waals surface area contributed by atoms with Crippen molar-refractivity contribution in [2.45, 2.75) is 33.1 Å². The van der Waals surface area contributed by atoms with E-state index in [-0.39, 0.29) is 17.4 Å². The van der Waals surface area contributed by atoms with Crippen LogP contribution in [-0.2, 0) is 5.41 Å². The molecule has 0 unspecified atom stereocenters. The number of carbonyl (C=O) groups is 2. The predicted molar refractivity (Wildman–Crippen MR) is 170 cm³/mol. The van der Waals surface area contributed by atoms with Crippen LogP contribution in [0.5, 0.6) is 0 Å². The van der Waals surface area contributed by atoms with E-state index in [1.165, 1.54) is 6.21 Å². The molecule has 0 aliphatic carbocycles. The molecule has 4 aromatic rings. The summed E-state index contributed by atoms with van der Waals surface area (Å²) in [5.74, 6) is 0.571. The Bertz CT molecular complexity index is 1590. The number of benzene rings is 3. The first-order valence-corrected chi connectivity index (χ1v) is 14.3. The third kappa shape index (κ3) is 7.03. The van der Waals surface area contributed by atoms with E-state index >= 15 is 0 Å². The number of hydrogen-bond donors (Lipinski definition) is 3. The smallest absolute Gasteiger partial charge is 0.324 e. The van der Waals surface area contributed by atoms with Crippen LogP contribution in [0.25, 0.3) is 5.69 Å². The van der Waals surface area contributed by atoms with Crippen molar-refractivity contribution in [2.24, 2.45) is 5.16 Å². The molecule has 3 amide bonds. The lowest BCUT2D eigenvalue weighted by molar-refractivity contribution is 0.0746. The molecule has 222 valence electrons. The molecule has 3 N–H and O–H groups in total. The van der Waals surface area contributed by atoms with Crippen molar-refractivity contribution >= 4 is 35.3 Å². The van der Waals surface area contributed by atoms with Crippen molar-refractivity contribution in [3.63, 3.8) is 0 Å². The Balaban J connectivity index is 1.18. The number of urea groups is 1. The zero-order valence-electron chi connectivity index (χ0n) is 24.9. The highest BCUT2D eigenvalue weighted by Crippen LogP contribution is 2.27. The summed E-state index contributed by atoms with van der Waals surface area (Å²) in [7, 11) is 0. The van der Waals surface area contributed by atoms with E-state index in [1.807, 2.05) is 66.4 Å². The largest absolute Gasteiger partial charge is 0.411 e. The van der Waals surface area contributed by atoms with Gasteiger partial charge in [-0.15, -0.1) is 0 Å². The molecule has 2 heterocycles. The first kappa shape index (κ1) is 29.4. The lowest BCUT2D eigenvalue weighted by Gasteiger charge is -2.36. The Labute approximate surface area is 251 Å². The summed E-state index contributed by atoms with van der Waals surface area (Å²) in [6.45, 7) is 10.9. The quantitative estimate of drug-likeness (QED) is 0.150. The summed E-state index contributed by atoms with van der Waals surface area (Å²) in [5, 5.41) is 22.4. The van der Waals surface area contributed by atoms with Gasteiger partial charge in [0.1, 0.15) is 5.82 Å². The normalized spacial score (nSPS) is 13.8. The Hall–Kier alpha value is -5.12. The summed E-state index contributed by atoms with van der Waals surface area (Å²) in [4.78, 5) is 30.0. The number of aryl methyl sites for hydroxylation is 1. The van der Waals surface area contributed by atoms with Crippen LogP contribution in [0.4, 0.5) is 22.0 Å². The molecule has 1 aliphatic heterocycles. The molecule has 0 saturated carbocycles. The minimum absolute atomic E-state index is 0.0176. The molecular formula is C33H37N7O3. The zero-order valence-corrected chi connectivity index (χ0v) is 24.9. The fourth-order valence-electron chi connectivity index (χ4n) is 4.88. The molecule has 1 aromatic heterocycles. The van der Waals surface area contributed by atoms with E-state index in [1.54, 1.807) is 28.9 Å². The number of nitrogens with one attached hydrogen (secondary N) is 2. The van der Waals surface area contributed by atoms with Gasteiger partial charge in [0.25, 0.3) is 5.91 Å². The van der Waals surface area contributed by atoms with Crippen LogP contribution in [0.1, 0.15) is 48.0 Å². The molecule has 1 saturated heterocycles. The predicted octanol–water partition coefficient (Wildman–Crippen LogP) is 5.89. The fraction of sp³-hybridized carbons (Fsp3) is 0.273. The van der Waals surface area contributed by atoms with Gasteiger partial charge in [-0.1, -0.05) is 55.8 Å². The molecule has 5 rings (SSSR count). The third-order valence-corrected chi connectivity index (χ3v) is 7.42. The van der Waals surface area contributed by atoms with Gasteiger partial charge in [-0.25, -0.2) is 9.48 Å². The summed E-state index contributed by atoms with van der Waals surface area (Å²) in [6, 6.07) is 24.3. The second kappa shape index (κ2) is 12.4. The van der Waals surface area contributed by atoms with Crippen molar-refractivity contribution in [3.8, 4) is 5.69 Å². The SMILES string of the molecule is Cc1ccc(-n2nc(C(C)(C)C)cc2NC(=O)Nc2ccc(N3CCN(C(=O)c4ccc(/C=N/O)cc4)CC3)cc2)cc1. The molecule has 0 radical (unpaired) electrons. The number of anilines is 3. The zero-order chi connectivity index (χ0) is 30.6. The molecule has 1 aliphatic rings. The highest BCUT2D eigenvalue weighted by atomic mass is 16.4. The minimum atomic E-state index is -0.356. The van der Waals surface area contributed by atoms with Crippen LogP contribution in [0.2, 0.25) is 0 Å². The van der Waals surface area contributed by atoms with Crippen molar-refractivity contribution in [2.75, 3.05) is 41.7 Å². The van der Waals surface area contributed by atoms with Crippen LogP contribution in [0.15, 0.2) is 84.0 Å². The standard InChI is InChI=1S/C33H37N7O3/c1-23-5-13-28(14-6-23)40-30(21-29(37-40)33(2,3)4)36-32(42)35-26-11-15-27(16-12-26)38-17-19-39(20-18-38)31(41)25-9-7-24(8-10-25)22-34-43/h5-16,21-22,43H,17-20H2,1-4H3,(H2,35,36,42)/b34-22+. The molecule has 0 spiro atoms. The van der Waals surface area contributed by atoms with Crippen LogP contribution >= 0.6 is 0 Å². The summed E-state index contributed by atoms with van der Waals surface area (Å²) >= 11 is 0. The molecule has 10 nitrogen and oxygen atoms in total. The van der Waals surface area contributed by atoms with Crippen LogP contribution < -0.4 is 15.5 Å². The van der Waals surface area contributed by atoms with Crippen LogP contribution in [0.3, 0.4) is 0 Å². The Kier molecular flexibility index (Phi) is 8.47. The highest BCUT2D eigenvalue weighted by Gasteiger charge is 2.23. The van der Waals surface area contributed by atoms with Crippen molar-refractivity contribution in [1.82, 2.24) is 14.7 Å². The number of rotatable bonds is 6. The lowest BCUT2D eigenvalue weighted by atomic mass is 9.92.